The molecule has 29 heavy (non-hydrogen) atoms. The molecule has 0 aliphatic carbocycles. The van der Waals surface area contributed by atoms with Gasteiger partial charge in [0, 0.05) is 34.4 Å². The number of carbonyl (C=O) groups is 1. The van der Waals surface area contributed by atoms with Gasteiger partial charge in [-0.2, -0.15) is 0 Å². The Hall–Kier alpha value is -3.16. The topological polar surface area (TPSA) is 79.8 Å². The molecular formula is C21H17ClN4O2S. The number of H-pyrrole nitrogens is 1. The highest BCUT2D eigenvalue weighted by Crippen LogP contribution is 2.22. The first-order valence-corrected chi connectivity index (χ1v) is 10.1. The van der Waals surface area contributed by atoms with Gasteiger partial charge in [0.1, 0.15) is 5.69 Å². The second-order valence-corrected chi connectivity index (χ2v) is 7.95. The third kappa shape index (κ3) is 4.31. The van der Waals surface area contributed by atoms with Crippen LogP contribution in [0.1, 0.15) is 21.1 Å². The maximum atomic E-state index is 12.6. The predicted molar refractivity (Wildman–Crippen MR) is 116 cm³/mol. The molecule has 0 aliphatic rings. The first-order valence-electron chi connectivity index (χ1n) is 8.86. The van der Waals surface area contributed by atoms with E-state index in [1.807, 2.05) is 30.5 Å². The standard InChI is InChI=1S/C21H17ClN4O2S/c1-13-24-19(12-29-13)15-8-18(23-9-15)21(28)25-16-6-7-20(27)26(11-16)10-14-4-2-3-5-17(14)22/h2-9,11-12,23H,10H2,1H3,(H,25,28). The van der Waals surface area contributed by atoms with Crippen LogP contribution in [0.15, 0.2) is 65.0 Å². The molecule has 8 heteroatoms. The van der Waals surface area contributed by atoms with Crippen molar-refractivity contribution in [1.82, 2.24) is 14.5 Å². The molecular weight excluding hydrogens is 408 g/mol. The zero-order chi connectivity index (χ0) is 20.4. The van der Waals surface area contributed by atoms with E-state index in [1.165, 1.54) is 10.6 Å². The lowest BCUT2D eigenvalue weighted by Gasteiger charge is -2.10. The zero-order valence-electron chi connectivity index (χ0n) is 15.5. The van der Waals surface area contributed by atoms with Crippen LogP contribution in [0.3, 0.4) is 0 Å². The Kier molecular flexibility index (Phi) is 5.33. The van der Waals surface area contributed by atoms with Crippen LogP contribution in [0.5, 0.6) is 0 Å². The normalized spacial score (nSPS) is 10.8. The summed E-state index contributed by atoms with van der Waals surface area (Å²) in [7, 11) is 0. The number of thiazole rings is 1. The van der Waals surface area contributed by atoms with Gasteiger partial charge >= 0.3 is 0 Å². The van der Waals surface area contributed by atoms with Gasteiger partial charge in [0.2, 0.25) is 0 Å². The fraction of sp³-hybridized carbons (Fsp3) is 0.0952. The molecule has 1 amide bonds. The number of nitrogens with one attached hydrogen (secondary N) is 2. The average molecular weight is 425 g/mol. The number of halogens is 1. The summed E-state index contributed by atoms with van der Waals surface area (Å²) in [6.07, 6.45) is 3.36. The number of aromatic amines is 1. The summed E-state index contributed by atoms with van der Waals surface area (Å²) < 4.78 is 1.51. The molecule has 2 N–H and O–H groups in total. The Labute approximate surface area is 175 Å². The van der Waals surface area contributed by atoms with Crippen molar-refractivity contribution in [2.75, 3.05) is 5.32 Å². The van der Waals surface area contributed by atoms with Crippen molar-refractivity contribution >= 4 is 34.5 Å². The van der Waals surface area contributed by atoms with Crippen molar-refractivity contribution < 1.29 is 4.79 Å². The van der Waals surface area contributed by atoms with Gasteiger partial charge in [-0.3, -0.25) is 9.59 Å². The summed E-state index contributed by atoms with van der Waals surface area (Å²) in [5, 5.41) is 6.32. The number of hydrogen-bond acceptors (Lipinski definition) is 4. The van der Waals surface area contributed by atoms with E-state index in [1.54, 1.807) is 41.9 Å². The van der Waals surface area contributed by atoms with Gasteiger partial charge in [-0.05, 0) is 30.7 Å². The van der Waals surface area contributed by atoms with E-state index < -0.39 is 0 Å². The molecule has 0 bridgehead atoms. The lowest BCUT2D eigenvalue weighted by Crippen LogP contribution is -2.21. The molecule has 0 saturated carbocycles. The third-order valence-corrected chi connectivity index (χ3v) is 5.52. The SMILES string of the molecule is Cc1nc(-c2c[nH]c(C(=O)Nc3ccc(=O)n(Cc4ccccc4Cl)c3)c2)cs1. The molecule has 1 aromatic carbocycles. The Morgan fingerprint density at radius 1 is 1.28 bits per heavy atom. The van der Waals surface area contributed by atoms with E-state index in [2.05, 4.69) is 15.3 Å². The summed E-state index contributed by atoms with van der Waals surface area (Å²) in [5.41, 5.74) is 3.26. The molecule has 4 aromatic rings. The molecule has 0 spiro atoms. The van der Waals surface area contributed by atoms with Gasteiger partial charge in [0.15, 0.2) is 0 Å². The molecule has 0 fully saturated rings. The van der Waals surface area contributed by atoms with E-state index in [0.717, 1.165) is 21.8 Å². The minimum absolute atomic E-state index is 0.177. The maximum Gasteiger partial charge on any atom is 0.272 e. The van der Waals surface area contributed by atoms with Crippen LogP contribution in [0.2, 0.25) is 5.02 Å². The highest BCUT2D eigenvalue weighted by atomic mass is 35.5. The summed E-state index contributed by atoms with van der Waals surface area (Å²) in [5.74, 6) is -0.300. The first kappa shape index (κ1) is 19.2. The number of amides is 1. The molecule has 3 aromatic heterocycles. The Bertz CT molecular complexity index is 1240. The van der Waals surface area contributed by atoms with Crippen LogP contribution in [-0.2, 0) is 6.54 Å². The number of carbonyl (C=O) groups excluding carboxylic acids is 1. The molecule has 0 unspecified atom stereocenters. The van der Waals surface area contributed by atoms with Gasteiger partial charge < -0.3 is 14.9 Å². The number of aromatic nitrogens is 3. The summed E-state index contributed by atoms with van der Waals surface area (Å²) >= 11 is 7.75. The van der Waals surface area contributed by atoms with E-state index in [9.17, 15) is 9.59 Å². The number of benzene rings is 1. The Balaban J connectivity index is 1.52. The predicted octanol–water partition coefficient (Wildman–Crippen LogP) is 4.56. The smallest absolute Gasteiger partial charge is 0.272 e. The second kappa shape index (κ2) is 8.06. The molecule has 0 saturated heterocycles. The van der Waals surface area contributed by atoms with Gasteiger partial charge in [-0.25, -0.2) is 4.98 Å². The number of pyridine rings is 1. The van der Waals surface area contributed by atoms with Crippen LogP contribution < -0.4 is 10.9 Å². The second-order valence-electron chi connectivity index (χ2n) is 6.48. The van der Waals surface area contributed by atoms with Crippen LogP contribution in [0.4, 0.5) is 5.69 Å². The number of anilines is 1. The Morgan fingerprint density at radius 2 is 2.10 bits per heavy atom. The van der Waals surface area contributed by atoms with E-state index in [4.69, 9.17) is 11.6 Å². The number of aryl methyl sites for hydroxylation is 1. The summed E-state index contributed by atoms with van der Waals surface area (Å²) in [4.78, 5) is 32.2. The fourth-order valence-electron chi connectivity index (χ4n) is 2.91. The lowest BCUT2D eigenvalue weighted by atomic mass is 10.2. The van der Waals surface area contributed by atoms with Crippen LogP contribution in [0, 0.1) is 6.92 Å². The van der Waals surface area contributed by atoms with Crippen molar-refractivity contribution in [3.05, 3.63) is 91.9 Å². The molecule has 3 heterocycles. The molecule has 0 aliphatic heterocycles. The minimum atomic E-state index is -0.300. The molecule has 6 nitrogen and oxygen atoms in total. The molecule has 0 atom stereocenters. The van der Waals surface area contributed by atoms with Gasteiger partial charge in [-0.1, -0.05) is 29.8 Å². The van der Waals surface area contributed by atoms with Crippen molar-refractivity contribution in [3.8, 4) is 11.3 Å². The van der Waals surface area contributed by atoms with Crippen molar-refractivity contribution in [2.24, 2.45) is 0 Å². The monoisotopic (exact) mass is 424 g/mol. The molecule has 146 valence electrons. The zero-order valence-corrected chi connectivity index (χ0v) is 17.1. The van der Waals surface area contributed by atoms with Crippen molar-refractivity contribution in [3.63, 3.8) is 0 Å². The molecule has 0 radical (unpaired) electrons. The van der Waals surface area contributed by atoms with Gasteiger partial charge in [0.05, 0.1) is 22.9 Å². The first-order chi connectivity index (χ1) is 14.0. The van der Waals surface area contributed by atoms with E-state index in [-0.39, 0.29) is 11.5 Å². The number of rotatable bonds is 5. The fourth-order valence-corrected chi connectivity index (χ4v) is 3.72. The minimum Gasteiger partial charge on any atom is -0.357 e. The highest BCUT2D eigenvalue weighted by Gasteiger charge is 2.12. The quantitative estimate of drug-likeness (QED) is 0.492. The largest absolute Gasteiger partial charge is 0.357 e. The summed E-state index contributed by atoms with van der Waals surface area (Å²) in [6, 6.07) is 12.1. The van der Waals surface area contributed by atoms with Crippen LogP contribution >= 0.6 is 22.9 Å². The van der Waals surface area contributed by atoms with Crippen LogP contribution in [0.25, 0.3) is 11.3 Å². The van der Waals surface area contributed by atoms with Crippen LogP contribution in [-0.4, -0.2) is 20.4 Å². The lowest BCUT2D eigenvalue weighted by molar-refractivity contribution is 0.102. The third-order valence-electron chi connectivity index (χ3n) is 4.38. The van der Waals surface area contributed by atoms with Crippen molar-refractivity contribution in [1.29, 1.82) is 0 Å². The maximum absolute atomic E-state index is 12.6. The van der Waals surface area contributed by atoms with Gasteiger partial charge in [0.25, 0.3) is 11.5 Å². The summed E-state index contributed by atoms with van der Waals surface area (Å²) in [6.45, 7) is 2.25. The van der Waals surface area contributed by atoms with Gasteiger partial charge in [-0.15, -0.1) is 11.3 Å². The number of nitrogens with zero attached hydrogens (tertiary/aromatic N) is 2. The Morgan fingerprint density at radius 3 is 2.86 bits per heavy atom. The molecule has 4 rings (SSSR count). The van der Waals surface area contributed by atoms with Crippen molar-refractivity contribution in [2.45, 2.75) is 13.5 Å². The van der Waals surface area contributed by atoms with E-state index in [0.29, 0.717) is 22.9 Å². The highest BCUT2D eigenvalue weighted by molar-refractivity contribution is 7.09. The number of hydrogen-bond donors (Lipinski definition) is 2. The van der Waals surface area contributed by atoms with E-state index >= 15 is 0 Å². The average Bonchev–Trinajstić information content (AvgIpc) is 3.35.